The number of nitrogens with two attached hydrogens (primary N) is 1. The third kappa shape index (κ3) is 2.93. The molecule has 0 saturated heterocycles. The van der Waals surface area contributed by atoms with E-state index in [2.05, 4.69) is 15.6 Å². The first-order chi connectivity index (χ1) is 12.6. The lowest BCUT2D eigenvalue weighted by Crippen LogP contribution is -2.84. The van der Waals surface area contributed by atoms with Crippen LogP contribution in [0.3, 0.4) is 0 Å². The molecule has 1 aromatic carbocycles. The van der Waals surface area contributed by atoms with Gasteiger partial charge in [-0.2, -0.15) is 0 Å². The number of carbonyl (C=O) groups excluding carboxylic acids is 1. The standard InChI is InChI=1S/C18H15Cl2N3O2S/c1-25-13-3-2-10(15-9-4-5-21-8-14(9)26-17(13)15)18(24)23-16-11(19)6-22-7-12(16)20/h2-3,6-7,21H,4-5,8H2,1H3,(H,22,23,24)/p+1. The van der Waals surface area contributed by atoms with E-state index < -0.39 is 0 Å². The first-order valence-corrected chi connectivity index (χ1v) is 9.70. The molecule has 2 aromatic heterocycles. The largest absolute Gasteiger partial charge is 0.495 e. The maximum Gasteiger partial charge on any atom is 0.256 e. The van der Waals surface area contributed by atoms with E-state index in [0.717, 1.165) is 35.3 Å². The smallest absolute Gasteiger partial charge is 0.256 e. The summed E-state index contributed by atoms with van der Waals surface area (Å²) in [6, 6.07) is 3.63. The number of aromatic nitrogens is 1. The number of nitrogens with zero attached hydrogens (tertiary/aromatic N) is 1. The number of anilines is 1. The van der Waals surface area contributed by atoms with E-state index in [1.807, 2.05) is 6.07 Å². The highest BCUT2D eigenvalue weighted by atomic mass is 35.5. The minimum atomic E-state index is -0.247. The van der Waals surface area contributed by atoms with Crippen LogP contribution < -0.4 is 15.4 Å². The number of thiophene rings is 1. The van der Waals surface area contributed by atoms with Crippen LogP contribution >= 0.6 is 34.5 Å². The summed E-state index contributed by atoms with van der Waals surface area (Å²) >= 11 is 14.0. The second kappa shape index (κ2) is 7.04. The molecule has 134 valence electrons. The molecule has 0 spiro atoms. The molecular weight excluding hydrogens is 393 g/mol. The zero-order valence-corrected chi connectivity index (χ0v) is 16.3. The number of halogens is 2. The summed E-state index contributed by atoms with van der Waals surface area (Å²) in [5.41, 5.74) is 2.21. The molecule has 3 aromatic rings. The van der Waals surface area contributed by atoms with E-state index >= 15 is 0 Å². The van der Waals surface area contributed by atoms with E-state index in [4.69, 9.17) is 27.9 Å². The Kier molecular flexibility index (Phi) is 4.75. The molecule has 0 unspecified atom stereocenters. The Morgan fingerprint density at radius 2 is 2.08 bits per heavy atom. The number of carbonyl (C=O) groups is 1. The molecule has 3 N–H and O–H groups in total. The number of hydrogen-bond acceptors (Lipinski definition) is 4. The Bertz CT molecular complexity index is 999. The molecular formula is C18H16Cl2N3O2S+. The third-order valence-corrected chi connectivity index (χ3v) is 6.31. The van der Waals surface area contributed by atoms with Gasteiger partial charge in [-0.1, -0.05) is 23.2 Å². The Morgan fingerprint density at radius 1 is 1.31 bits per heavy atom. The van der Waals surface area contributed by atoms with Crippen LogP contribution in [0.2, 0.25) is 10.0 Å². The zero-order chi connectivity index (χ0) is 18.3. The Labute approximate surface area is 164 Å². The van der Waals surface area contributed by atoms with Crippen LogP contribution in [0.5, 0.6) is 5.75 Å². The van der Waals surface area contributed by atoms with Crippen LogP contribution in [0, 0.1) is 0 Å². The number of methoxy groups -OCH3 is 1. The fourth-order valence-corrected chi connectivity index (χ4v) is 5.08. The Balaban J connectivity index is 1.83. The van der Waals surface area contributed by atoms with Crippen molar-refractivity contribution < 1.29 is 14.8 Å². The van der Waals surface area contributed by atoms with Gasteiger partial charge in [-0.15, -0.1) is 11.3 Å². The van der Waals surface area contributed by atoms with Crippen LogP contribution in [-0.4, -0.2) is 24.5 Å². The van der Waals surface area contributed by atoms with Gasteiger partial charge in [-0.25, -0.2) is 0 Å². The van der Waals surface area contributed by atoms with Crippen molar-refractivity contribution >= 4 is 56.2 Å². The first kappa shape index (κ1) is 17.5. The van der Waals surface area contributed by atoms with E-state index in [-0.39, 0.29) is 5.91 Å². The lowest BCUT2D eigenvalue weighted by molar-refractivity contribution is -0.672. The maximum absolute atomic E-state index is 13.0. The third-order valence-electron chi connectivity index (χ3n) is 4.47. The number of rotatable bonds is 3. The number of ether oxygens (including phenoxy) is 1. The van der Waals surface area contributed by atoms with Crippen molar-refractivity contribution in [3.63, 3.8) is 0 Å². The molecule has 1 aliphatic heterocycles. The van der Waals surface area contributed by atoms with Crippen LogP contribution in [0.25, 0.3) is 10.1 Å². The van der Waals surface area contributed by atoms with Crippen molar-refractivity contribution in [3.8, 4) is 5.75 Å². The van der Waals surface area contributed by atoms with Gasteiger partial charge in [0.1, 0.15) is 12.3 Å². The molecule has 1 amide bonds. The number of nitrogens with one attached hydrogen (secondary N) is 1. The monoisotopic (exact) mass is 408 g/mol. The summed E-state index contributed by atoms with van der Waals surface area (Å²) in [5, 5.41) is 6.69. The predicted molar refractivity (Wildman–Crippen MR) is 105 cm³/mol. The number of hydrogen-bond donors (Lipinski definition) is 2. The van der Waals surface area contributed by atoms with Gasteiger partial charge in [0.15, 0.2) is 0 Å². The van der Waals surface area contributed by atoms with E-state index in [0.29, 0.717) is 21.3 Å². The van der Waals surface area contributed by atoms with Gasteiger partial charge >= 0.3 is 0 Å². The van der Waals surface area contributed by atoms with Gasteiger partial charge in [-0.3, -0.25) is 9.78 Å². The van der Waals surface area contributed by atoms with Gasteiger partial charge in [0.25, 0.3) is 5.91 Å². The maximum atomic E-state index is 13.0. The van der Waals surface area contributed by atoms with Gasteiger partial charge in [0.05, 0.1) is 39.0 Å². The van der Waals surface area contributed by atoms with Crippen molar-refractivity contribution in [1.82, 2.24) is 4.98 Å². The average molecular weight is 409 g/mol. The molecule has 4 rings (SSSR count). The van der Waals surface area contributed by atoms with Crippen molar-refractivity contribution in [2.24, 2.45) is 0 Å². The van der Waals surface area contributed by atoms with Crippen LogP contribution in [0.15, 0.2) is 24.5 Å². The fourth-order valence-electron chi connectivity index (χ4n) is 3.26. The van der Waals surface area contributed by atoms with Crippen molar-refractivity contribution in [1.29, 1.82) is 0 Å². The first-order valence-electron chi connectivity index (χ1n) is 8.13. The summed E-state index contributed by atoms with van der Waals surface area (Å²) in [6.07, 6.45) is 3.84. The molecule has 26 heavy (non-hydrogen) atoms. The quantitative estimate of drug-likeness (QED) is 0.696. The molecule has 8 heteroatoms. The summed E-state index contributed by atoms with van der Waals surface area (Å²) in [6.45, 7) is 1.94. The Hall–Kier alpha value is -1.86. The van der Waals surface area contributed by atoms with Gasteiger partial charge < -0.3 is 15.4 Å². The fraction of sp³-hybridized carbons (Fsp3) is 0.222. The van der Waals surface area contributed by atoms with Crippen LogP contribution in [0.4, 0.5) is 5.69 Å². The summed E-state index contributed by atoms with van der Waals surface area (Å²) < 4.78 is 6.52. The topological polar surface area (TPSA) is 67.8 Å². The number of pyridine rings is 1. The minimum absolute atomic E-state index is 0.247. The highest BCUT2D eigenvalue weighted by Gasteiger charge is 2.25. The lowest BCUT2D eigenvalue weighted by Gasteiger charge is -2.13. The molecule has 0 aliphatic carbocycles. The zero-order valence-electron chi connectivity index (χ0n) is 13.9. The van der Waals surface area contributed by atoms with Gasteiger partial charge in [-0.05, 0) is 17.7 Å². The van der Waals surface area contributed by atoms with Crippen molar-refractivity contribution in [2.75, 3.05) is 19.0 Å². The van der Waals surface area contributed by atoms with E-state index in [9.17, 15) is 4.79 Å². The number of quaternary nitrogens is 1. The molecule has 0 saturated carbocycles. The van der Waals surface area contributed by atoms with Crippen molar-refractivity contribution in [3.05, 3.63) is 50.6 Å². The number of amides is 1. The second-order valence-corrected chi connectivity index (χ2v) is 7.91. The molecule has 5 nitrogen and oxygen atoms in total. The number of fused-ring (bicyclic) bond motifs is 3. The molecule has 0 atom stereocenters. The highest BCUT2D eigenvalue weighted by Crippen LogP contribution is 2.40. The summed E-state index contributed by atoms with van der Waals surface area (Å²) in [7, 11) is 1.65. The van der Waals surface area contributed by atoms with Gasteiger partial charge in [0.2, 0.25) is 0 Å². The summed E-state index contributed by atoms with van der Waals surface area (Å²) in [5.74, 6) is 0.540. The van der Waals surface area contributed by atoms with E-state index in [1.54, 1.807) is 24.5 Å². The lowest BCUT2D eigenvalue weighted by atomic mass is 9.99. The number of benzene rings is 1. The van der Waals surface area contributed by atoms with Crippen molar-refractivity contribution in [2.45, 2.75) is 13.0 Å². The normalized spacial score (nSPS) is 13.5. The van der Waals surface area contributed by atoms with Crippen LogP contribution in [0.1, 0.15) is 20.8 Å². The SMILES string of the molecule is COc1ccc(C(=O)Nc2c(Cl)cncc2Cl)c2c3c(sc12)C[NH2+]CC3. The van der Waals surface area contributed by atoms with E-state index in [1.165, 1.54) is 22.8 Å². The Morgan fingerprint density at radius 3 is 2.81 bits per heavy atom. The van der Waals surface area contributed by atoms with Crippen LogP contribution in [-0.2, 0) is 13.0 Å². The van der Waals surface area contributed by atoms with Gasteiger partial charge in [0, 0.05) is 29.8 Å². The predicted octanol–water partition coefficient (Wildman–Crippen LogP) is 3.48. The second-order valence-electron chi connectivity index (χ2n) is 5.99. The average Bonchev–Trinajstić information content (AvgIpc) is 3.03. The minimum Gasteiger partial charge on any atom is -0.495 e. The summed E-state index contributed by atoms with van der Waals surface area (Å²) in [4.78, 5) is 18.2. The molecule has 0 radical (unpaired) electrons. The molecule has 3 heterocycles. The highest BCUT2D eigenvalue weighted by molar-refractivity contribution is 7.19. The molecule has 0 bridgehead atoms. The molecule has 1 aliphatic rings. The molecule has 0 fully saturated rings.